The highest BCUT2D eigenvalue weighted by atomic mass is 32.1. The highest BCUT2D eigenvalue weighted by Crippen LogP contribution is 2.13. The molecule has 0 amide bonds. The van der Waals surface area contributed by atoms with Crippen molar-refractivity contribution >= 4 is 17.3 Å². The van der Waals surface area contributed by atoms with Crippen LogP contribution in [0.5, 0.6) is 0 Å². The van der Waals surface area contributed by atoms with E-state index in [9.17, 15) is 9.18 Å². The smallest absolute Gasteiger partial charge is 0.355 e. The van der Waals surface area contributed by atoms with Crippen LogP contribution in [0, 0.1) is 5.82 Å². The number of hydrogen-bond donors (Lipinski definition) is 1. The fraction of sp³-hybridized carbons (Fsp3) is 0.167. The van der Waals surface area contributed by atoms with Gasteiger partial charge >= 0.3 is 5.97 Å². The van der Waals surface area contributed by atoms with Gasteiger partial charge in [0.15, 0.2) is 5.69 Å². The van der Waals surface area contributed by atoms with Gasteiger partial charge < -0.3 is 5.11 Å². The number of aromatic carboxylic acids is 1. The Morgan fingerprint density at radius 1 is 1.41 bits per heavy atom. The standard InChI is InChI=1S/C12H10FNO2S/c13-9-3-1-2-8(6-9)4-5-11-14-10(7-17-11)12(15)16/h1-3,6-7H,4-5H2,(H,15,16). The van der Waals surface area contributed by atoms with Gasteiger partial charge in [-0.2, -0.15) is 0 Å². The van der Waals surface area contributed by atoms with Crippen molar-refractivity contribution in [1.29, 1.82) is 0 Å². The number of aryl methyl sites for hydroxylation is 2. The second-order valence-corrected chi connectivity index (χ2v) is 4.50. The molecule has 5 heteroatoms. The Balaban J connectivity index is 2.00. The van der Waals surface area contributed by atoms with Crippen LogP contribution in [-0.2, 0) is 12.8 Å². The topological polar surface area (TPSA) is 50.2 Å². The number of hydrogen-bond acceptors (Lipinski definition) is 3. The average Bonchev–Trinajstić information content (AvgIpc) is 2.75. The van der Waals surface area contributed by atoms with Crippen LogP contribution < -0.4 is 0 Å². The summed E-state index contributed by atoms with van der Waals surface area (Å²) < 4.78 is 12.9. The molecule has 0 unspecified atom stereocenters. The third kappa shape index (κ3) is 3.10. The molecule has 1 aromatic carbocycles. The van der Waals surface area contributed by atoms with Crippen LogP contribution in [0.4, 0.5) is 4.39 Å². The Morgan fingerprint density at radius 2 is 2.24 bits per heavy atom. The average molecular weight is 251 g/mol. The number of thiazole rings is 1. The molecule has 0 aliphatic rings. The summed E-state index contributed by atoms with van der Waals surface area (Å²) in [4.78, 5) is 14.6. The third-order valence-electron chi connectivity index (χ3n) is 2.29. The van der Waals surface area contributed by atoms with Crippen LogP contribution in [0.25, 0.3) is 0 Å². The van der Waals surface area contributed by atoms with E-state index in [0.717, 1.165) is 10.6 Å². The maximum absolute atomic E-state index is 12.9. The van der Waals surface area contributed by atoms with Gasteiger partial charge in [-0.1, -0.05) is 12.1 Å². The molecule has 0 radical (unpaired) electrons. The van der Waals surface area contributed by atoms with Crippen molar-refractivity contribution < 1.29 is 14.3 Å². The molecule has 2 aromatic rings. The molecule has 0 saturated carbocycles. The molecule has 0 atom stereocenters. The molecular weight excluding hydrogens is 241 g/mol. The minimum Gasteiger partial charge on any atom is -0.476 e. The number of rotatable bonds is 4. The van der Waals surface area contributed by atoms with Crippen LogP contribution in [0.1, 0.15) is 21.1 Å². The Kier molecular flexibility index (Phi) is 3.49. The molecule has 3 nitrogen and oxygen atoms in total. The summed E-state index contributed by atoms with van der Waals surface area (Å²) in [6.07, 6.45) is 1.28. The van der Waals surface area contributed by atoms with Gasteiger partial charge in [-0.25, -0.2) is 14.2 Å². The van der Waals surface area contributed by atoms with Gasteiger partial charge in [0.2, 0.25) is 0 Å². The molecule has 17 heavy (non-hydrogen) atoms. The van der Waals surface area contributed by atoms with E-state index in [1.165, 1.54) is 28.8 Å². The molecule has 0 aliphatic carbocycles. The zero-order valence-corrected chi connectivity index (χ0v) is 9.71. The number of nitrogens with zero attached hydrogens (tertiary/aromatic N) is 1. The van der Waals surface area contributed by atoms with Gasteiger partial charge in [-0.15, -0.1) is 11.3 Å². The van der Waals surface area contributed by atoms with Crippen molar-refractivity contribution in [1.82, 2.24) is 4.98 Å². The molecule has 0 saturated heterocycles. The highest BCUT2D eigenvalue weighted by molar-refractivity contribution is 7.09. The van der Waals surface area contributed by atoms with E-state index in [2.05, 4.69) is 4.98 Å². The minimum atomic E-state index is -1.02. The fourth-order valence-corrected chi connectivity index (χ4v) is 2.24. The number of carboxylic acid groups (broad SMARTS) is 1. The van der Waals surface area contributed by atoms with Crippen molar-refractivity contribution in [3.63, 3.8) is 0 Å². The van der Waals surface area contributed by atoms with Gasteiger partial charge in [0, 0.05) is 11.8 Å². The Morgan fingerprint density at radius 3 is 2.88 bits per heavy atom. The van der Waals surface area contributed by atoms with E-state index in [1.54, 1.807) is 6.07 Å². The zero-order chi connectivity index (χ0) is 12.3. The molecule has 88 valence electrons. The maximum Gasteiger partial charge on any atom is 0.355 e. The lowest BCUT2D eigenvalue weighted by Gasteiger charge is -1.98. The second-order valence-electron chi connectivity index (χ2n) is 3.56. The van der Waals surface area contributed by atoms with Crippen molar-refractivity contribution in [3.8, 4) is 0 Å². The van der Waals surface area contributed by atoms with Crippen LogP contribution in [0.3, 0.4) is 0 Å². The van der Waals surface area contributed by atoms with Crippen LogP contribution >= 0.6 is 11.3 Å². The van der Waals surface area contributed by atoms with Gasteiger partial charge in [-0.3, -0.25) is 0 Å². The first-order chi connectivity index (χ1) is 8.15. The van der Waals surface area contributed by atoms with E-state index in [4.69, 9.17) is 5.11 Å². The Bertz CT molecular complexity index is 539. The first-order valence-corrected chi connectivity index (χ1v) is 5.95. The predicted octanol–water partition coefficient (Wildman–Crippen LogP) is 2.77. The summed E-state index contributed by atoms with van der Waals surface area (Å²) >= 11 is 1.32. The van der Waals surface area contributed by atoms with Gasteiger partial charge in [-0.05, 0) is 24.1 Å². The normalized spacial score (nSPS) is 10.4. The van der Waals surface area contributed by atoms with E-state index in [-0.39, 0.29) is 11.5 Å². The number of aromatic nitrogens is 1. The maximum atomic E-state index is 12.9. The van der Waals surface area contributed by atoms with E-state index >= 15 is 0 Å². The molecule has 0 aliphatic heterocycles. The van der Waals surface area contributed by atoms with Crippen molar-refractivity contribution in [2.24, 2.45) is 0 Å². The Labute approximate surface area is 102 Å². The lowest BCUT2D eigenvalue weighted by molar-refractivity contribution is 0.0691. The van der Waals surface area contributed by atoms with Gasteiger partial charge in [0.25, 0.3) is 0 Å². The molecular formula is C12H10FNO2S. The number of benzene rings is 1. The van der Waals surface area contributed by atoms with Crippen LogP contribution in [-0.4, -0.2) is 16.1 Å². The predicted molar refractivity (Wildman–Crippen MR) is 62.9 cm³/mol. The SMILES string of the molecule is O=C(O)c1csc(CCc2cccc(F)c2)n1. The molecule has 0 fully saturated rings. The molecule has 1 aromatic heterocycles. The molecule has 1 heterocycles. The second kappa shape index (κ2) is 5.05. The van der Waals surface area contributed by atoms with Crippen molar-refractivity contribution in [3.05, 3.63) is 51.7 Å². The summed E-state index contributed by atoms with van der Waals surface area (Å²) in [5, 5.41) is 11.0. The lowest BCUT2D eigenvalue weighted by Crippen LogP contribution is -1.97. The van der Waals surface area contributed by atoms with E-state index < -0.39 is 5.97 Å². The fourth-order valence-electron chi connectivity index (χ4n) is 1.47. The summed E-state index contributed by atoms with van der Waals surface area (Å²) in [7, 11) is 0. The van der Waals surface area contributed by atoms with Gasteiger partial charge in [0.05, 0.1) is 5.01 Å². The van der Waals surface area contributed by atoms with E-state index in [0.29, 0.717) is 12.8 Å². The van der Waals surface area contributed by atoms with Crippen LogP contribution in [0.15, 0.2) is 29.6 Å². The third-order valence-corrected chi connectivity index (χ3v) is 3.20. The van der Waals surface area contributed by atoms with Crippen molar-refractivity contribution in [2.75, 3.05) is 0 Å². The number of carbonyl (C=O) groups is 1. The largest absolute Gasteiger partial charge is 0.476 e. The van der Waals surface area contributed by atoms with Crippen LogP contribution in [0.2, 0.25) is 0 Å². The monoisotopic (exact) mass is 251 g/mol. The number of carboxylic acids is 1. The number of halogens is 1. The first kappa shape index (κ1) is 11.7. The summed E-state index contributed by atoms with van der Waals surface area (Å²) in [5.74, 6) is -1.27. The Hall–Kier alpha value is -1.75. The molecule has 1 N–H and O–H groups in total. The molecule has 2 rings (SSSR count). The van der Waals surface area contributed by atoms with Gasteiger partial charge in [0.1, 0.15) is 5.82 Å². The van der Waals surface area contributed by atoms with E-state index in [1.807, 2.05) is 6.07 Å². The summed E-state index contributed by atoms with van der Waals surface area (Å²) in [6.45, 7) is 0. The molecule has 0 spiro atoms. The van der Waals surface area contributed by atoms with Crippen molar-refractivity contribution in [2.45, 2.75) is 12.8 Å². The highest BCUT2D eigenvalue weighted by Gasteiger charge is 2.08. The summed E-state index contributed by atoms with van der Waals surface area (Å²) in [6, 6.07) is 6.38. The summed E-state index contributed by atoms with van der Waals surface area (Å²) in [5.41, 5.74) is 0.960. The lowest BCUT2D eigenvalue weighted by atomic mass is 10.1. The molecule has 0 bridgehead atoms. The first-order valence-electron chi connectivity index (χ1n) is 5.07. The quantitative estimate of drug-likeness (QED) is 0.909. The minimum absolute atomic E-state index is 0.0734. The zero-order valence-electron chi connectivity index (χ0n) is 8.89.